The Labute approximate surface area is 166 Å². The first kappa shape index (κ1) is 22.0. The lowest BCUT2D eigenvalue weighted by molar-refractivity contribution is 0.102. The molecule has 0 aliphatic rings. The Hall–Kier alpha value is -2.25. The van der Waals surface area contributed by atoms with Gasteiger partial charge >= 0.3 is 0 Å². The standard InChI is InChI=1S/C21H27FN2O3S/c1-5-9-24(10-6-2)28(26,27)18-7-8-20(22)19(14-18)21(25)23-17-12-15(3)11-16(4)13-17/h7-8,11-14H,5-6,9-10H2,1-4H3,(H,23,25). The molecular weight excluding hydrogens is 379 g/mol. The van der Waals surface area contributed by atoms with Crippen molar-refractivity contribution in [3.63, 3.8) is 0 Å². The first-order valence-electron chi connectivity index (χ1n) is 9.38. The second kappa shape index (κ2) is 9.30. The van der Waals surface area contributed by atoms with Crippen LogP contribution >= 0.6 is 0 Å². The van der Waals surface area contributed by atoms with Crippen molar-refractivity contribution in [3.05, 3.63) is 58.9 Å². The van der Waals surface area contributed by atoms with E-state index >= 15 is 0 Å². The molecule has 0 atom stereocenters. The van der Waals surface area contributed by atoms with Crippen molar-refractivity contribution in [3.8, 4) is 0 Å². The number of halogens is 1. The van der Waals surface area contributed by atoms with Crippen LogP contribution in [0.5, 0.6) is 0 Å². The third-order valence-corrected chi connectivity index (χ3v) is 6.14. The zero-order valence-corrected chi connectivity index (χ0v) is 17.6. The van der Waals surface area contributed by atoms with Crippen LogP contribution in [-0.4, -0.2) is 31.7 Å². The highest BCUT2D eigenvalue weighted by Gasteiger charge is 2.25. The van der Waals surface area contributed by atoms with E-state index < -0.39 is 21.7 Å². The van der Waals surface area contributed by atoms with Crippen molar-refractivity contribution >= 4 is 21.6 Å². The molecule has 5 nitrogen and oxygen atoms in total. The number of amides is 1. The second-order valence-electron chi connectivity index (χ2n) is 6.88. The van der Waals surface area contributed by atoms with E-state index in [2.05, 4.69) is 5.32 Å². The quantitative estimate of drug-likeness (QED) is 0.702. The van der Waals surface area contributed by atoms with Crippen LogP contribution in [-0.2, 0) is 10.0 Å². The zero-order chi connectivity index (χ0) is 20.9. The monoisotopic (exact) mass is 406 g/mol. The molecule has 1 amide bonds. The van der Waals surface area contributed by atoms with Gasteiger partial charge in [-0.15, -0.1) is 0 Å². The van der Waals surface area contributed by atoms with Gasteiger partial charge in [0.1, 0.15) is 5.82 Å². The minimum absolute atomic E-state index is 0.0821. The minimum Gasteiger partial charge on any atom is -0.322 e. The van der Waals surface area contributed by atoms with Crippen LogP contribution in [0.2, 0.25) is 0 Å². The number of carbonyl (C=O) groups is 1. The number of benzene rings is 2. The van der Waals surface area contributed by atoms with Crippen LogP contribution in [0.4, 0.5) is 10.1 Å². The molecule has 0 bridgehead atoms. The predicted octanol–water partition coefficient (Wildman–Crippen LogP) is 4.51. The highest BCUT2D eigenvalue weighted by atomic mass is 32.2. The average molecular weight is 407 g/mol. The molecule has 0 fully saturated rings. The van der Waals surface area contributed by atoms with Gasteiger partial charge in [0.15, 0.2) is 0 Å². The average Bonchev–Trinajstić information content (AvgIpc) is 2.60. The molecular formula is C21H27FN2O3S. The summed E-state index contributed by atoms with van der Waals surface area (Å²) < 4.78 is 41.5. The number of carbonyl (C=O) groups excluding carboxylic acids is 1. The number of nitrogens with zero attached hydrogens (tertiary/aromatic N) is 1. The van der Waals surface area contributed by atoms with Gasteiger partial charge in [0.2, 0.25) is 10.0 Å². The van der Waals surface area contributed by atoms with E-state index in [0.717, 1.165) is 23.3 Å². The molecule has 7 heteroatoms. The van der Waals surface area contributed by atoms with E-state index in [4.69, 9.17) is 0 Å². The van der Waals surface area contributed by atoms with Gasteiger partial charge < -0.3 is 5.32 Å². The Balaban J connectivity index is 2.37. The van der Waals surface area contributed by atoms with Crippen molar-refractivity contribution in [2.75, 3.05) is 18.4 Å². The minimum atomic E-state index is -3.80. The summed E-state index contributed by atoms with van der Waals surface area (Å²) in [5, 5.41) is 2.65. The zero-order valence-electron chi connectivity index (χ0n) is 16.8. The number of hydrogen-bond donors (Lipinski definition) is 1. The molecule has 0 aliphatic carbocycles. The fraction of sp³-hybridized carbons (Fsp3) is 0.381. The number of aryl methyl sites for hydroxylation is 2. The van der Waals surface area contributed by atoms with Crippen LogP contribution in [0.1, 0.15) is 48.2 Å². The largest absolute Gasteiger partial charge is 0.322 e. The first-order valence-corrected chi connectivity index (χ1v) is 10.8. The van der Waals surface area contributed by atoms with Gasteiger partial charge in [0.25, 0.3) is 5.91 Å². The fourth-order valence-electron chi connectivity index (χ4n) is 3.08. The fourth-order valence-corrected chi connectivity index (χ4v) is 4.73. The van der Waals surface area contributed by atoms with E-state index in [0.29, 0.717) is 31.6 Å². The highest BCUT2D eigenvalue weighted by molar-refractivity contribution is 7.89. The predicted molar refractivity (Wildman–Crippen MR) is 110 cm³/mol. The van der Waals surface area contributed by atoms with E-state index in [-0.39, 0.29) is 10.5 Å². The molecule has 0 heterocycles. The van der Waals surface area contributed by atoms with Gasteiger partial charge in [-0.2, -0.15) is 4.31 Å². The van der Waals surface area contributed by atoms with Gasteiger partial charge in [0, 0.05) is 18.8 Å². The molecule has 0 unspecified atom stereocenters. The third-order valence-electron chi connectivity index (χ3n) is 4.25. The van der Waals surface area contributed by atoms with E-state index in [9.17, 15) is 17.6 Å². The summed E-state index contributed by atoms with van der Waals surface area (Å²) in [5.74, 6) is -1.45. The molecule has 0 radical (unpaired) electrons. The summed E-state index contributed by atoms with van der Waals surface area (Å²) in [7, 11) is -3.80. The third kappa shape index (κ3) is 5.17. The molecule has 2 aromatic carbocycles. The molecule has 0 saturated carbocycles. The SMILES string of the molecule is CCCN(CCC)S(=O)(=O)c1ccc(F)c(C(=O)Nc2cc(C)cc(C)c2)c1. The van der Waals surface area contributed by atoms with E-state index in [1.165, 1.54) is 10.4 Å². The smallest absolute Gasteiger partial charge is 0.258 e. The van der Waals surface area contributed by atoms with Gasteiger partial charge in [-0.3, -0.25) is 4.79 Å². The number of rotatable bonds is 8. The van der Waals surface area contributed by atoms with Gasteiger partial charge in [0.05, 0.1) is 10.5 Å². The molecule has 0 spiro atoms. The maximum atomic E-state index is 14.3. The van der Waals surface area contributed by atoms with Crippen LogP contribution in [0.25, 0.3) is 0 Å². The number of nitrogens with one attached hydrogen (secondary N) is 1. The number of sulfonamides is 1. The Morgan fingerprint density at radius 1 is 1.00 bits per heavy atom. The second-order valence-corrected chi connectivity index (χ2v) is 8.81. The van der Waals surface area contributed by atoms with E-state index in [1.807, 2.05) is 33.8 Å². The molecule has 28 heavy (non-hydrogen) atoms. The lowest BCUT2D eigenvalue weighted by Gasteiger charge is -2.21. The van der Waals surface area contributed by atoms with Crippen molar-refractivity contribution in [1.29, 1.82) is 0 Å². The molecule has 1 N–H and O–H groups in total. The first-order chi connectivity index (χ1) is 13.2. The van der Waals surface area contributed by atoms with Crippen LogP contribution in [0, 0.1) is 19.7 Å². The normalized spacial score (nSPS) is 11.6. The summed E-state index contributed by atoms with van der Waals surface area (Å²) in [6.45, 7) is 8.32. The summed E-state index contributed by atoms with van der Waals surface area (Å²) in [4.78, 5) is 12.5. The maximum absolute atomic E-state index is 14.3. The van der Waals surface area contributed by atoms with Gasteiger partial charge in [-0.1, -0.05) is 19.9 Å². The van der Waals surface area contributed by atoms with Crippen LogP contribution in [0.15, 0.2) is 41.3 Å². The van der Waals surface area contributed by atoms with Gasteiger partial charge in [-0.05, 0) is 68.1 Å². The Morgan fingerprint density at radius 3 is 2.11 bits per heavy atom. The lowest BCUT2D eigenvalue weighted by atomic mass is 10.1. The van der Waals surface area contributed by atoms with Crippen molar-refractivity contribution in [1.82, 2.24) is 4.31 Å². The Kier molecular flexibility index (Phi) is 7.32. The van der Waals surface area contributed by atoms with Crippen LogP contribution < -0.4 is 5.32 Å². The van der Waals surface area contributed by atoms with Gasteiger partial charge in [-0.25, -0.2) is 12.8 Å². The molecule has 2 aromatic rings. The lowest BCUT2D eigenvalue weighted by Crippen LogP contribution is -2.32. The van der Waals surface area contributed by atoms with Crippen LogP contribution in [0.3, 0.4) is 0 Å². The molecule has 0 aromatic heterocycles. The molecule has 2 rings (SSSR count). The summed E-state index contributed by atoms with van der Waals surface area (Å²) >= 11 is 0. The number of anilines is 1. The van der Waals surface area contributed by atoms with Crippen molar-refractivity contribution in [2.45, 2.75) is 45.4 Å². The summed E-state index contributed by atoms with van der Waals surface area (Å²) in [6, 6.07) is 8.84. The Morgan fingerprint density at radius 2 is 1.57 bits per heavy atom. The maximum Gasteiger partial charge on any atom is 0.258 e. The Bertz CT molecular complexity index is 932. The molecule has 152 valence electrons. The van der Waals surface area contributed by atoms with Crippen molar-refractivity contribution in [2.24, 2.45) is 0 Å². The summed E-state index contributed by atoms with van der Waals surface area (Å²) in [5.41, 5.74) is 2.16. The highest BCUT2D eigenvalue weighted by Crippen LogP contribution is 2.22. The molecule has 0 aliphatic heterocycles. The topological polar surface area (TPSA) is 66.5 Å². The van der Waals surface area contributed by atoms with Crippen molar-refractivity contribution < 1.29 is 17.6 Å². The van der Waals surface area contributed by atoms with E-state index in [1.54, 1.807) is 12.1 Å². The summed E-state index contributed by atoms with van der Waals surface area (Å²) in [6.07, 6.45) is 1.33. The number of hydrogen-bond acceptors (Lipinski definition) is 3. The molecule has 0 saturated heterocycles.